The highest BCUT2D eigenvalue weighted by Crippen LogP contribution is 2.46. The zero-order valence-corrected chi connectivity index (χ0v) is 14.9. The van der Waals surface area contributed by atoms with E-state index in [-0.39, 0.29) is 23.5 Å². The van der Waals surface area contributed by atoms with Crippen LogP contribution >= 0.6 is 11.6 Å². The maximum atomic E-state index is 13.1. The molecule has 1 saturated carbocycles. The van der Waals surface area contributed by atoms with E-state index < -0.39 is 17.8 Å². The van der Waals surface area contributed by atoms with Crippen molar-refractivity contribution in [2.75, 3.05) is 0 Å². The Morgan fingerprint density at radius 2 is 2.00 bits per heavy atom. The highest BCUT2D eigenvalue weighted by atomic mass is 35.5. The average molecular weight is 386 g/mol. The normalized spacial score (nSPS) is 15.7. The summed E-state index contributed by atoms with van der Waals surface area (Å²) >= 11 is 5.93. The summed E-state index contributed by atoms with van der Waals surface area (Å²) in [7, 11) is 0. The van der Waals surface area contributed by atoms with E-state index in [2.05, 4.69) is 10.4 Å². The number of hydrogen-bond donors (Lipinski definition) is 1. The molecular formula is C18H19ClF3N3O. The molecule has 4 nitrogen and oxygen atoms in total. The molecule has 1 aromatic carbocycles. The molecule has 2 aromatic rings. The quantitative estimate of drug-likeness (QED) is 0.783. The van der Waals surface area contributed by atoms with Crippen LogP contribution in [0.4, 0.5) is 13.2 Å². The first-order chi connectivity index (χ1) is 12.3. The van der Waals surface area contributed by atoms with Crippen LogP contribution in [0.3, 0.4) is 0 Å². The van der Waals surface area contributed by atoms with E-state index in [0.29, 0.717) is 12.1 Å². The van der Waals surface area contributed by atoms with Crippen molar-refractivity contribution < 1.29 is 18.0 Å². The topological polar surface area (TPSA) is 46.9 Å². The van der Waals surface area contributed by atoms with Gasteiger partial charge in [-0.25, -0.2) is 0 Å². The number of amides is 1. The number of rotatable bonds is 6. The largest absolute Gasteiger partial charge is 0.436 e. The van der Waals surface area contributed by atoms with Gasteiger partial charge < -0.3 is 5.32 Å². The first-order valence-corrected chi connectivity index (χ1v) is 8.86. The molecule has 26 heavy (non-hydrogen) atoms. The lowest BCUT2D eigenvalue weighted by atomic mass is 10.0. The third-order valence-electron chi connectivity index (χ3n) is 4.40. The number of benzene rings is 1. The first-order valence-electron chi connectivity index (χ1n) is 8.49. The Morgan fingerprint density at radius 1 is 1.35 bits per heavy atom. The zero-order chi connectivity index (χ0) is 18.9. The summed E-state index contributed by atoms with van der Waals surface area (Å²) in [6.07, 6.45) is -2.46. The number of carbonyl (C=O) groups is 1. The highest BCUT2D eigenvalue weighted by molar-refractivity contribution is 6.32. The fourth-order valence-corrected chi connectivity index (χ4v) is 3.38. The molecule has 8 heteroatoms. The van der Waals surface area contributed by atoms with Gasteiger partial charge in [0.1, 0.15) is 6.54 Å². The van der Waals surface area contributed by atoms with E-state index in [1.54, 1.807) is 0 Å². The molecule has 0 bridgehead atoms. The van der Waals surface area contributed by atoms with Gasteiger partial charge in [-0.05, 0) is 24.8 Å². The van der Waals surface area contributed by atoms with Crippen molar-refractivity contribution in [2.24, 2.45) is 0 Å². The molecule has 1 atom stereocenters. The number of nitrogens with one attached hydrogen (secondary N) is 1. The maximum Gasteiger partial charge on any atom is 0.436 e. The molecule has 1 heterocycles. The molecule has 1 aromatic heterocycles. The maximum absolute atomic E-state index is 13.1. The fraction of sp³-hybridized carbons (Fsp3) is 0.444. The zero-order valence-electron chi connectivity index (χ0n) is 14.2. The molecule has 1 aliphatic rings. The van der Waals surface area contributed by atoms with Crippen molar-refractivity contribution >= 4 is 17.5 Å². The van der Waals surface area contributed by atoms with Crippen LogP contribution in [0.2, 0.25) is 5.02 Å². The summed E-state index contributed by atoms with van der Waals surface area (Å²) < 4.78 is 40.4. The van der Waals surface area contributed by atoms with E-state index in [4.69, 9.17) is 11.6 Å². The van der Waals surface area contributed by atoms with Crippen LogP contribution in [0, 0.1) is 0 Å². The Labute approximate surface area is 154 Å². The number of aromatic nitrogens is 2. The van der Waals surface area contributed by atoms with E-state index in [9.17, 15) is 18.0 Å². The minimum absolute atomic E-state index is 0.0602. The molecule has 0 radical (unpaired) electrons. The molecule has 1 N–H and O–H groups in total. The standard InChI is InChI=1S/C18H19ClF3N3O/c1-2-13(11-6-4-3-5-7-11)23-14(26)10-25-16(12-8-9-12)15(19)17(24-25)18(20,21)22/h3-7,12-13H,2,8-10H2,1H3,(H,23,26). The smallest absolute Gasteiger partial charge is 0.348 e. The van der Waals surface area contributed by atoms with E-state index in [1.807, 2.05) is 37.3 Å². The summed E-state index contributed by atoms with van der Waals surface area (Å²) in [5.74, 6) is -0.453. The SMILES string of the molecule is CCC(NC(=O)Cn1nc(C(F)(F)F)c(Cl)c1C1CC1)c1ccccc1. The summed E-state index contributed by atoms with van der Waals surface area (Å²) in [5.41, 5.74) is 0.131. The Balaban J connectivity index is 1.79. The second-order valence-corrected chi connectivity index (χ2v) is 6.79. The van der Waals surface area contributed by atoms with Gasteiger partial charge in [0.05, 0.1) is 16.8 Å². The molecule has 1 unspecified atom stereocenters. The van der Waals surface area contributed by atoms with Gasteiger partial charge in [0.15, 0.2) is 5.69 Å². The molecular weight excluding hydrogens is 367 g/mol. The molecule has 0 spiro atoms. The van der Waals surface area contributed by atoms with Crippen molar-refractivity contribution in [2.45, 2.75) is 50.9 Å². The average Bonchev–Trinajstić information content (AvgIpc) is 3.36. The summed E-state index contributed by atoms with van der Waals surface area (Å²) in [6.45, 7) is 1.64. The lowest BCUT2D eigenvalue weighted by molar-refractivity contribution is -0.141. The van der Waals surface area contributed by atoms with Crippen LogP contribution in [0.25, 0.3) is 0 Å². The van der Waals surface area contributed by atoms with Crippen LogP contribution in [0.15, 0.2) is 30.3 Å². The van der Waals surface area contributed by atoms with Crippen molar-refractivity contribution in [3.63, 3.8) is 0 Å². The fourth-order valence-electron chi connectivity index (χ4n) is 2.98. The molecule has 1 aliphatic carbocycles. The Morgan fingerprint density at radius 3 is 2.54 bits per heavy atom. The first kappa shape index (κ1) is 18.8. The van der Waals surface area contributed by atoms with Gasteiger partial charge in [-0.3, -0.25) is 9.48 Å². The van der Waals surface area contributed by atoms with Gasteiger partial charge in [-0.1, -0.05) is 48.9 Å². The molecule has 1 fully saturated rings. The number of carbonyl (C=O) groups excluding carboxylic acids is 1. The van der Waals surface area contributed by atoms with Gasteiger partial charge in [0.25, 0.3) is 0 Å². The molecule has 0 saturated heterocycles. The molecule has 1 amide bonds. The van der Waals surface area contributed by atoms with E-state index >= 15 is 0 Å². The predicted molar refractivity (Wildman–Crippen MR) is 91.8 cm³/mol. The van der Waals surface area contributed by atoms with Crippen LogP contribution in [-0.2, 0) is 17.5 Å². The number of nitrogens with zero attached hydrogens (tertiary/aromatic N) is 2. The van der Waals surface area contributed by atoms with Gasteiger partial charge in [0, 0.05) is 5.92 Å². The van der Waals surface area contributed by atoms with Crippen LogP contribution in [0.5, 0.6) is 0 Å². The second-order valence-electron chi connectivity index (χ2n) is 6.42. The van der Waals surface area contributed by atoms with E-state index in [1.165, 1.54) is 0 Å². The lowest BCUT2D eigenvalue weighted by Gasteiger charge is -2.18. The molecule has 0 aliphatic heterocycles. The summed E-state index contributed by atoms with van der Waals surface area (Å²) in [6, 6.07) is 9.22. The van der Waals surface area contributed by atoms with Crippen LogP contribution in [-0.4, -0.2) is 15.7 Å². The van der Waals surface area contributed by atoms with Crippen molar-refractivity contribution in [3.05, 3.63) is 52.3 Å². The number of alkyl halides is 3. The van der Waals surface area contributed by atoms with Gasteiger partial charge >= 0.3 is 6.18 Å². The van der Waals surface area contributed by atoms with Crippen molar-refractivity contribution in [1.29, 1.82) is 0 Å². The number of hydrogen-bond acceptors (Lipinski definition) is 2. The van der Waals surface area contributed by atoms with Crippen LogP contribution in [0.1, 0.15) is 55.1 Å². The van der Waals surface area contributed by atoms with Gasteiger partial charge in [0.2, 0.25) is 5.91 Å². The second kappa shape index (κ2) is 7.31. The monoisotopic (exact) mass is 385 g/mol. The minimum Gasteiger partial charge on any atom is -0.348 e. The number of halogens is 4. The third kappa shape index (κ3) is 4.03. The van der Waals surface area contributed by atoms with Gasteiger partial charge in [-0.15, -0.1) is 0 Å². The molecule has 3 rings (SSSR count). The van der Waals surface area contributed by atoms with Crippen LogP contribution < -0.4 is 5.32 Å². The Kier molecular flexibility index (Phi) is 5.27. The minimum atomic E-state index is -4.64. The van der Waals surface area contributed by atoms with Crippen molar-refractivity contribution in [1.82, 2.24) is 15.1 Å². The van der Waals surface area contributed by atoms with E-state index in [0.717, 1.165) is 23.1 Å². The summed E-state index contributed by atoms with van der Waals surface area (Å²) in [5, 5.41) is 6.06. The molecule has 140 valence electrons. The third-order valence-corrected chi connectivity index (χ3v) is 4.78. The Bertz CT molecular complexity index is 785. The predicted octanol–water partition coefficient (Wildman–Crippen LogP) is 4.70. The lowest BCUT2D eigenvalue weighted by Crippen LogP contribution is -2.32. The van der Waals surface area contributed by atoms with Crippen molar-refractivity contribution in [3.8, 4) is 0 Å². The van der Waals surface area contributed by atoms with Gasteiger partial charge in [-0.2, -0.15) is 18.3 Å². The summed E-state index contributed by atoms with van der Waals surface area (Å²) in [4.78, 5) is 12.4. The highest BCUT2D eigenvalue weighted by Gasteiger charge is 2.42. The Hall–Kier alpha value is -2.02.